The molecule has 0 bridgehead atoms. The van der Waals surface area contributed by atoms with Crippen LogP contribution in [0.2, 0.25) is 0 Å². The van der Waals surface area contributed by atoms with Gasteiger partial charge in [0.05, 0.1) is 7.11 Å². The molecule has 16 heavy (non-hydrogen) atoms. The van der Waals surface area contributed by atoms with Gasteiger partial charge in [0.2, 0.25) is 5.96 Å². The lowest BCUT2D eigenvalue weighted by atomic mass is 10.5. The highest BCUT2D eigenvalue weighted by Gasteiger charge is 2.17. The fourth-order valence-corrected chi connectivity index (χ4v) is 1.10. The first-order valence-corrected chi connectivity index (χ1v) is 5.74. The second-order valence-corrected chi connectivity index (χ2v) is 4.16. The summed E-state index contributed by atoms with van der Waals surface area (Å²) >= 11 is 0. The van der Waals surface area contributed by atoms with Gasteiger partial charge < -0.3 is 9.80 Å². The molecule has 7 nitrogen and oxygen atoms in total. The number of aliphatic imine (C=N–C) groups is 1. The topological polar surface area (TPSA) is 82.4 Å². The van der Waals surface area contributed by atoms with Crippen molar-refractivity contribution in [2.75, 3.05) is 20.7 Å². The first-order chi connectivity index (χ1) is 7.44. The average Bonchev–Trinajstić information content (AvgIpc) is 2.61. The Labute approximate surface area is 94.3 Å². The largest absolute Gasteiger partial charge is 0.397 e. The van der Waals surface area contributed by atoms with Crippen molar-refractivity contribution in [1.82, 2.24) is 9.80 Å². The van der Waals surface area contributed by atoms with E-state index in [-0.39, 0.29) is 0 Å². The minimum absolute atomic E-state index is 0.870. The average molecular weight is 247 g/mol. The van der Waals surface area contributed by atoms with Crippen LogP contribution in [0.15, 0.2) is 29.7 Å². The summed E-state index contributed by atoms with van der Waals surface area (Å²) in [6.45, 7) is 0.944. The molecule has 0 saturated heterocycles. The van der Waals surface area contributed by atoms with Crippen molar-refractivity contribution in [3.05, 3.63) is 24.7 Å². The molecule has 0 unspecified atom stereocenters. The molecule has 0 aromatic carbocycles. The molecule has 8 heteroatoms. The minimum Gasteiger partial charge on any atom is -0.320 e. The van der Waals surface area contributed by atoms with E-state index >= 15 is 0 Å². The second-order valence-electron chi connectivity index (χ2n) is 2.97. The summed E-state index contributed by atoms with van der Waals surface area (Å²) in [5, 5.41) is 0. The van der Waals surface area contributed by atoms with E-state index in [1.54, 1.807) is 0 Å². The van der Waals surface area contributed by atoms with Crippen LogP contribution in [-0.2, 0) is 14.6 Å². The lowest BCUT2D eigenvalue weighted by molar-refractivity contribution is 0.324. The number of hydrogen-bond acceptors (Lipinski definition) is 6. The lowest BCUT2D eigenvalue weighted by Crippen LogP contribution is -2.32. The van der Waals surface area contributed by atoms with Crippen LogP contribution in [0.1, 0.15) is 0 Å². The van der Waals surface area contributed by atoms with Crippen LogP contribution in [0.4, 0.5) is 0 Å². The van der Waals surface area contributed by atoms with Crippen molar-refractivity contribution in [2.24, 2.45) is 4.99 Å². The molecular formula is C8H13N3O4S. The van der Waals surface area contributed by atoms with Crippen LogP contribution >= 0.6 is 0 Å². The molecule has 0 aliphatic carbocycles. The van der Waals surface area contributed by atoms with Gasteiger partial charge in [0.25, 0.3) is 0 Å². The molecule has 0 aromatic rings. The van der Waals surface area contributed by atoms with Gasteiger partial charge in [-0.05, 0) is 6.08 Å². The highest BCUT2D eigenvalue weighted by Crippen LogP contribution is 2.10. The second kappa shape index (κ2) is 5.10. The third-order valence-corrected chi connectivity index (χ3v) is 2.27. The Bertz CT molecular complexity index is 427. The van der Waals surface area contributed by atoms with Crippen molar-refractivity contribution in [3.63, 3.8) is 0 Å². The van der Waals surface area contributed by atoms with E-state index in [1.807, 2.05) is 36.6 Å². The number of guanidine groups is 1. The molecule has 0 atom stereocenters. The molecule has 0 saturated carbocycles. The van der Waals surface area contributed by atoms with Crippen LogP contribution in [0, 0.1) is 0 Å². The number of hydrogen-bond donors (Lipinski definition) is 1. The molecule has 1 N–H and O–H groups in total. The van der Waals surface area contributed by atoms with Gasteiger partial charge in [0.1, 0.15) is 0 Å². The van der Waals surface area contributed by atoms with Crippen LogP contribution < -0.4 is 0 Å². The van der Waals surface area contributed by atoms with Gasteiger partial charge in [-0.2, -0.15) is 8.42 Å². The molecular weight excluding hydrogens is 234 g/mol. The summed E-state index contributed by atoms with van der Waals surface area (Å²) in [5.41, 5.74) is 0. The van der Waals surface area contributed by atoms with E-state index in [4.69, 9.17) is 4.55 Å². The van der Waals surface area contributed by atoms with Crippen LogP contribution in [-0.4, -0.2) is 49.4 Å². The van der Waals surface area contributed by atoms with E-state index in [0.717, 1.165) is 19.6 Å². The van der Waals surface area contributed by atoms with Crippen molar-refractivity contribution >= 4 is 16.4 Å². The Balaban J connectivity index is 0.000000187. The van der Waals surface area contributed by atoms with E-state index in [1.165, 1.54) is 0 Å². The van der Waals surface area contributed by atoms with Gasteiger partial charge in [0.15, 0.2) is 0 Å². The summed E-state index contributed by atoms with van der Waals surface area (Å²) in [6, 6.07) is 0. The molecule has 0 radical (unpaired) electrons. The van der Waals surface area contributed by atoms with E-state index in [0.29, 0.717) is 0 Å². The Morgan fingerprint density at radius 1 is 1.50 bits per heavy atom. The fourth-order valence-electron chi connectivity index (χ4n) is 1.10. The Morgan fingerprint density at radius 2 is 2.12 bits per heavy atom. The van der Waals surface area contributed by atoms with Gasteiger partial charge in [0, 0.05) is 32.2 Å². The minimum atomic E-state index is -4.16. The van der Waals surface area contributed by atoms with Gasteiger partial charge in [-0.25, -0.2) is 4.99 Å². The number of fused-ring (bicyclic) bond motifs is 1. The first-order valence-electron chi connectivity index (χ1n) is 4.37. The van der Waals surface area contributed by atoms with Gasteiger partial charge in [-0.1, -0.05) is 0 Å². The summed E-state index contributed by atoms with van der Waals surface area (Å²) in [5.74, 6) is 1.02. The van der Waals surface area contributed by atoms with Gasteiger partial charge >= 0.3 is 10.4 Å². The maximum absolute atomic E-state index is 9.33. The predicted octanol–water partition coefficient (Wildman–Crippen LogP) is 0.0239. The molecule has 2 heterocycles. The molecule has 0 fully saturated rings. The maximum Gasteiger partial charge on any atom is 0.397 e. The van der Waals surface area contributed by atoms with E-state index in [2.05, 4.69) is 14.1 Å². The zero-order valence-electron chi connectivity index (χ0n) is 8.94. The zero-order valence-corrected chi connectivity index (χ0v) is 9.75. The molecule has 0 aromatic heterocycles. The SMILES string of the molecule is CN1C=CN2CC=CN=C12.COS(=O)(=O)O. The maximum atomic E-state index is 9.33. The smallest absolute Gasteiger partial charge is 0.320 e. The third-order valence-electron chi connectivity index (χ3n) is 1.85. The summed E-state index contributed by atoms with van der Waals surface area (Å²) in [6.07, 6.45) is 7.91. The van der Waals surface area contributed by atoms with Crippen molar-refractivity contribution < 1.29 is 17.2 Å². The van der Waals surface area contributed by atoms with Crippen LogP contribution in [0.25, 0.3) is 0 Å². The number of rotatable bonds is 1. The molecule has 2 rings (SSSR count). The summed E-state index contributed by atoms with van der Waals surface area (Å²) < 4.78 is 29.7. The van der Waals surface area contributed by atoms with E-state index in [9.17, 15) is 8.42 Å². The first kappa shape index (κ1) is 12.7. The van der Waals surface area contributed by atoms with Gasteiger partial charge in [-0.3, -0.25) is 8.74 Å². The monoisotopic (exact) mass is 247 g/mol. The Kier molecular flexibility index (Phi) is 4.05. The summed E-state index contributed by atoms with van der Waals surface area (Å²) in [7, 11) is -1.30. The molecule has 0 spiro atoms. The molecule has 0 amide bonds. The zero-order chi connectivity index (χ0) is 12.2. The lowest BCUT2D eigenvalue weighted by Gasteiger charge is -2.20. The number of nitrogens with zero attached hydrogens (tertiary/aromatic N) is 3. The molecule has 2 aliphatic heterocycles. The normalized spacial score (nSPS) is 17.8. The fraction of sp³-hybridized carbons (Fsp3) is 0.375. The molecule has 2 aliphatic rings. The highest BCUT2D eigenvalue weighted by atomic mass is 32.3. The quantitative estimate of drug-likeness (QED) is 0.658. The predicted molar refractivity (Wildman–Crippen MR) is 58.7 cm³/mol. The van der Waals surface area contributed by atoms with Crippen molar-refractivity contribution in [1.29, 1.82) is 0 Å². The Hall–Kier alpha value is -1.38. The van der Waals surface area contributed by atoms with E-state index < -0.39 is 10.4 Å². The molecule has 90 valence electrons. The van der Waals surface area contributed by atoms with Gasteiger partial charge in [-0.15, -0.1) is 0 Å². The van der Waals surface area contributed by atoms with Crippen LogP contribution in [0.3, 0.4) is 0 Å². The van der Waals surface area contributed by atoms with Crippen molar-refractivity contribution in [3.8, 4) is 0 Å². The third kappa shape index (κ3) is 3.65. The van der Waals surface area contributed by atoms with Crippen molar-refractivity contribution in [2.45, 2.75) is 0 Å². The standard InChI is InChI=1S/C7H9N3.CH4O4S/c1-9-5-6-10-4-2-3-8-7(9)10;1-5-6(2,3)4/h2-3,5-6H,4H2,1H3;1H3,(H,2,3,4). The highest BCUT2D eigenvalue weighted by molar-refractivity contribution is 7.80. The summed E-state index contributed by atoms with van der Waals surface area (Å²) in [4.78, 5) is 8.30. The van der Waals surface area contributed by atoms with Crippen LogP contribution in [0.5, 0.6) is 0 Å². The Morgan fingerprint density at radius 3 is 2.62 bits per heavy atom.